The summed E-state index contributed by atoms with van der Waals surface area (Å²) >= 11 is 0. The number of nitrogens with one attached hydrogen (secondary N) is 2. The molecule has 0 saturated carbocycles. The first kappa shape index (κ1) is 12.2. The number of carbonyl (C=O) groups is 1. The van der Waals surface area contributed by atoms with Gasteiger partial charge in [0.05, 0.1) is 5.69 Å². The smallest absolute Gasteiger partial charge is 0.248 e. The number of carbonyl (C=O) groups excluding carboxylic acids is 1. The van der Waals surface area contributed by atoms with Crippen LogP contribution in [0.4, 0.5) is 5.69 Å². The van der Waals surface area contributed by atoms with Gasteiger partial charge in [0.15, 0.2) is 0 Å². The lowest BCUT2D eigenvalue weighted by Gasteiger charge is -1.99. The molecule has 0 radical (unpaired) electrons. The van der Waals surface area contributed by atoms with Gasteiger partial charge in [-0.15, -0.1) is 0 Å². The molecule has 0 fully saturated rings. The first-order chi connectivity index (χ1) is 9.83. The van der Waals surface area contributed by atoms with Crippen LogP contribution < -0.4 is 5.32 Å². The van der Waals surface area contributed by atoms with Crippen LogP contribution in [0, 0.1) is 0 Å². The zero-order chi connectivity index (χ0) is 13.8. The number of aromatic nitrogens is 1. The molecule has 0 bridgehead atoms. The fourth-order valence-corrected chi connectivity index (χ4v) is 2.09. The molecule has 3 rings (SSSR count). The van der Waals surface area contributed by atoms with Crippen molar-refractivity contribution in [1.82, 2.24) is 4.98 Å². The summed E-state index contributed by atoms with van der Waals surface area (Å²) in [4.78, 5) is 15.0. The third-order valence-electron chi connectivity index (χ3n) is 3.07. The standard InChI is InChI=1S/C17H14N2O/c20-17(11-10-13-6-2-1-3-7-13)19-16-12-18-15-9-5-4-8-14(15)16/h1-12,18H,(H,19,20)/b11-10+. The number of anilines is 1. The van der Waals surface area contributed by atoms with E-state index in [0.717, 1.165) is 22.2 Å². The van der Waals surface area contributed by atoms with Crippen LogP contribution in [0.2, 0.25) is 0 Å². The minimum absolute atomic E-state index is 0.140. The molecule has 0 spiro atoms. The lowest BCUT2D eigenvalue weighted by Crippen LogP contribution is -2.07. The molecule has 20 heavy (non-hydrogen) atoms. The van der Waals surface area contributed by atoms with E-state index in [1.165, 1.54) is 6.08 Å². The number of hydrogen-bond acceptors (Lipinski definition) is 1. The topological polar surface area (TPSA) is 44.9 Å². The van der Waals surface area contributed by atoms with E-state index in [1.807, 2.05) is 54.6 Å². The van der Waals surface area contributed by atoms with Gasteiger partial charge in [-0.2, -0.15) is 0 Å². The van der Waals surface area contributed by atoms with E-state index in [1.54, 1.807) is 12.3 Å². The van der Waals surface area contributed by atoms with Crippen molar-refractivity contribution in [2.24, 2.45) is 0 Å². The molecule has 0 aliphatic heterocycles. The largest absolute Gasteiger partial charge is 0.359 e. The molecular weight excluding hydrogens is 248 g/mol. The summed E-state index contributed by atoms with van der Waals surface area (Å²) in [6.07, 6.45) is 5.14. The summed E-state index contributed by atoms with van der Waals surface area (Å²) in [5.41, 5.74) is 2.81. The highest BCUT2D eigenvalue weighted by Gasteiger charge is 2.04. The monoisotopic (exact) mass is 262 g/mol. The summed E-state index contributed by atoms with van der Waals surface area (Å²) in [5, 5.41) is 3.89. The number of benzene rings is 2. The van der Waals surface area contributed by atoms with Crippen molar-refractivity contribution in [2.45, 2.75) is 0 Å². The Morgan fingerprint density at radius 3 is 2.60 bits per heavy atom. The van der Waals surface area contributed by atoms with Crippen molar-refractivity contribution in [3.63, 3.8) is 0 Å². The molecule has 1 heterocycles. The number of fused-ring (bicyclic) bond motifs is 1. The van der Waals surface area contributed by atoms with Crippen molar-refractivity contribution in [3.05, 3.63) is 72.4 Å². The maximum atomic E-state index is 11.9. The van der Waals surface area contributed by atoms with Gasteiger partial charge in [0.1, 0.15) is 0 Å². The Kier molecular flexibility index (Phi) is 3.33. The molecule has 0 unspecified atom stereocenters. The molecule has 1 amide bonds. The normalized spacial score (nSPS) is 11.0. The van der Waals surface area contributed by atoms with Crippen LogP contribution in [-0.2, 0) is 4.79 Å². The predicted molar refractivity (Wildman–Crippen MR) is 82.4 cm³/mol. The predicted octanol–water partition coefficient (Wildman–Crippen LogP) is 3.82. The molecule has 0 aliphatic rings. The minimum atomic E-state index is -0.140. The minimum Gasteiger partial charge on any atom is -0.359 e. The van der Waals surface area contributed by atoms with Gasteiger partial charge in [-0.3, -0.25) is 4.79 Å². The SMILES string of the molecule is O=C(/C=C/c1ccccc1)Nc1c[nH]c2ccccc12. The number of H-pyrrole nitrogens is 1. The van der Waals surface area contributed by atoms with E-state index in [9.17, 15) is 4.79 Å². The summed E-state index contributed by atoms with van der Waals surface area (Å²) in [5.74, 6) is -0.140. The molecule has 0 atom stereocenters. The first-order valence-electron chi connectivity index (χ1n) is 6.43. The molecule has 2 aromatic carbocycles. The van der Waals surface area contributed by atoms with E-state index >= 15 is 0 Å². The molecule has 0 saturated heterocycles. The maximum absolute atomic E-state index is 11.9. The second kappa shape index (κ2) is 5.45. The molecule has 2 N–H and O–H groups in total. The lowest BCUT2D eigenvalue weighted by atomic mass is 10.2. The van der Waals surface area contributed by atoms with E-state index < -0.39 is 0 Å². The lowest BCUT2D eigenvalue weighted by molar-refractivity contribution is -0.111. The fraction of sp³-hybridized carbons (Fsp3) is 0. The van der Waals surface area contributed by atoms with Gasteiger partial charge in [-0.25, -0.2) is 0 Å². The zero-order valence-electron chi connectivity index (χ0n) is 10.8. The Balaban J connectivity index is 1.75. The van der Waals surface area contributed by atoms with Crippen LogP contribution in [0.25, 0.3) is 17.0 Å². The van der Waals surface area contributed by atoms with Crippen LogP contribution in [0.3, 0.4) is 0 Å². The van der Waals surface area contributed by atoms with Crippen molar-refractivity contribution >= 4 is 28.6 Å². The van der Waals surface area contributed by atoms with Gasteiger partial charge in [0.25, 0.3) is 0 Å². The molecule has 98 valence electrons. The molecule has 3 aromatic rings. The van der Waals surface area contributed by atoms with Gasteiger partial charge in [-0.05, 0) is 17.7 Å². The molecular formula is C17H14N2O. The number of aromatic amines is 1. The summed E-state index contributed by atoms with van der Waals surface area (Å²) in [6.45, 7) is 0. The summed E-state index contributed by atoms with van der Waals surface area (Å²) < 4.78 is 0. The van der Waals surface area contributed by atoms with Crippen LogP contribution in [0.1, 0.15) is 5.56 Å². The second-order valence-electron chi connectivity index (χ2n) is 4.48. The number of hydrogen-bond donors (Lipinski definition) is 2. The van der Waals surface area contributed by atoms with Crippen LogP contribution in [0.5, 0.6) is 0 Å². The number of rotatable bonds is 3. The first-order valence-corrected chi connectivity index (χ1v) is 6.43. The Bertz CT molecular complexity index is 757. The second-order valence-corrected chi connectivity index (χ2v) is 4.48. The van der Waals surface area contributed by atoms with E-state index in [4.69, 9.17) is 0 Å². The zero-order valence-corrected chi connectivity index (χ0v) is 10.8. The third kappa shape index (κ3) is 2.62. The Hall–Kier alpha value is -2.81. The number of para-hydroxylation sites is 1. The Labute approximate surface area is 116 Å². The summed E-state index contributed by atoms with van der Waals surface area (Å²) in [6, 6.07) is 17.6. The molecule has 0 aliphatic carbocycles. The number of amides is 1. The third-order valence-corrected chi connectivity index (χ3v) is 3.07. The van der Waals surface area contributed by atoms with Crippen molar-refractivity contribution in [1.29, 1.82) is 0 Å². The highest BCUT2D eigenvalue weighted by molar-refractivity contribution is 6.07. The maximum Gasteiger partial charge on any atom is 0.248 e. The average Bonchev–Trinajstić information content (AvgIpc) is 2.90. The molecule has 3 heteroatoms. The highest BCUT2D eigenvalue weighted by Crippen LogP contribution is 2.22. The van der Waals surface area contributed by atoms with Gasteiger partial charge < -0.3 is 10.3 Å². The highest BCUT2D eigenvalue weighted by atomic mass is 16.1. The van der Waals surface area contributed by atoms with Crippen LogP contribution in [-0.4, -0.2) is 10.9 Å². The Morgan fingerprint density at radius 2 is 1.75 bits per heavy atom. The van der Waals surface area contributed by atoms with E-state index in [2.05, 4.69) is 10.3 Å². The average molecular weight is 262 g/mol. The van der Waals surface area contributed by atoms with Crippen molar-refractivity contribution in [2.75, 3.05) is 5.32 Å². The van der Waals surface area contributed by atoms with E-state index in [0.29, 0.717) is 0 Å². The van der Waals surface area contributed by atoms with Gasteiger partial charge in [0, 0.05) is 23.2 Å². The quantitative estimate of drug-likeness (QED) is 0.692. The van der Waals surface area contributed by atoms with Crippen LogP contribution >= 0.6 is 0 Å². The van der Waals surface area contributed by atoms with Gasteiger partial charge in [-0.1, -0.05) is 48.5 Å². The fourth-order valence-electron chi connectivity index (χ4n) is 2.09. The van der Waals surface area contributed by atoms with Gasteiger partial charge >= 0.3 is 0 Å². The van der Waals surface area contributed by atoms with E-state index in [-0.39, 0.29) is 5.91 Å². The van der Waals surface area contributed by atoms with Crippen molar-refractivity contribution < 1.29 is 4.79 Å². The molecule has 3 nitrogen and oxygen atoms in total. The molecule has 1 aromatic heterocycles. The van der Waals surface area contributed by atoms with Crippen LogP contribution in [0.15, 0.2) is 66.9 Å². The summed E-state index contributed by atoms with van der Waals surface area (Å²) in [7, 11) is 0. The van der Waals surface area contributed by atoms with Gasteiger partial charge in [0.2, 0.25) is 5.91 Å². The Morgan fingerprint density at radius 1 is 1.00 bits per heavy atom. The van der Waals surface area contributed by atoms with Crippen molar-refractivity contribution in [3.8, 4) is 0 Å².